The lowest BCUT2D eigenvalue weighted by molar-refractivity contribution is 0.0907. The van der Waals surface area contributed by atoms with Gasteiger partial charge in [-0.1, -0.05) is 6.07 Å². The molecule has 0 aliphatic carbocycles. The summed E-state index contributed by atoms with van der Waals surface area (Å²) < 4.78 is 13.6. The molecule has 1 aromatic rings. The van der Waals surface area contributed by atoms with Crippen LogP contribution in [0.25, 0.3) is 0 Å². The van der Waals surface area contributed by atoms with Crippen LogP contribution in [0, 0.1) is 17.1 Å². The minimum atomic E-state index is -0.732. The second-order valence-electron chi connectivity index (χ2n) is 4.82. The first-order valence-corrected chi connectivity index (χ1v) is 6.49. The number of aromatic hydroxyl groups is 1. The average molecular weight is 277 g/mol. The van der Waals surface area contributed by atoms with Crippen LogP contribution in [0.2, 0.25) is 0 Å². The van der Waals surface area contributed by atoms with Crippen LogP contribution in [0.4, 0.5) is 4.39 Å². The van der Waals surface area contributed by atoms with E-state index in [2.05, 4.69) is 11.4 Å². The number of carbonyl (C=O) groups excluding carboxylic acids is 1. The van der Waals surface area contributed by atoms with Gasteiger partial charge in [-0.25, -0.2) is 4.39 Å². The van der Waals surface area contributed by atoms with E-state index in [1.54, 1.807) is 0 Å². The van der Waals surface area contributed by atoms with Crippen molar-refractivity contribution in [2.24, 2.45) is 0 Å². The normalized spacial score (nSPS) is 16.6. The van der Waals surface area contributed by atoms with Crippen molar-refractivity contribution in [2.45, 2.75) is 18.9 Å². The molecule has 2 N–H and O–H groups in total. The number of hydrogen-bond donors (Lipinski definition) is 2. The zero-order chi connectivity index (χ0) is 14.5. The quantitative estimate of drug-likeness (QED) is 0.815. The van der Waals surface area contributed by atoms with E-state index in [0.29, 0.717) is 19.4 Å². The second kappa shape index (κ2) is 6.35. The molecule has 20 heavy (non-hydrogen) atoms. The number of halogens is 1. The van der Waals surface area contributed by atoms with Crippen molar-refractivity contribution < 1.29 is 14.3 Å². The minimum Gasteiger partial charge on any atom is -0.507 e. The maximum atomic E-state index is 13.6. The first-order valence-electron chi connectivity index (χ1n) is 6.49. The Balaban J connectivity index is 1.95. The Hall–Kier alpha value is -2.13. The molecule has 5 nitrogen and oxygen atoms in total. The number of phenols is 1. The molecule has 0 bridgehead atoms. The highest BCUT2D eigenvalue weighted by Crippen LogP contribution is 2.20. The van der Waals surface area contributed by atoms with Crippen LogP contribution >= 0.6 is 0 Å². The van der Waals surface area contributed by atoms with Gasteiger partial charge in [0.05, 0.1) is 12.6 Å². The zero-order valence-electron chi connectivity index (χ0n) is 11.0. The van der Waals surface area contributed by atoms with Crippen molar-refractivity contribution in [3.05, 3.63) is 29.6 Å². The van der Waals surface area contributed by atoms with E-state index in [-0.39, 0.29) is 17.4 Å². The van der Waals surface area contributed by atoms with Gasteiger partial charge in [0, 0.05) is 19.1 Å². The fraction of sp³-hybridized carbons (Fsp3) is 0.429. The fourth-order valence-electron chi connectivity index (χ4n) is 2.33. The Bertz CT molecular complexity index is 513. The van der Waals surface area contributed by atoms with Gasteiger partial charge >= 0.3 is 0 Å². The Labute approximate surface area is 116 Å². The summed E-state index contributed by atoms with van der Waals surface area (Å²) in [4.78, 5) is 14.0. The van der Waals surface area contributed by atoms with Crippen LogP contribution in [-0.2, 0) is 0 Å². The molecule has 0 spiro atoms. The Morgan fingerprint density at radius 3 is 2.80 bits per heavy atom. The van der Waals surface area contributed by atoms with Gasteiger partial charge in [0.2, 0.25) is 0 Å². The molecular formula is C14H16FN3O2. The van der Waals surface area contributed by atoms with E-state index >= 15 is 0 Å². The van der Waals surface area contributed by atoms with Gasteiger partial charge < -0.3 is 10.4 Å². The molecule has 0 aromatic heterocycles. The van der Waals surface area contributed by atoms with E-state index < -0.39 is 11.7 Å². The van der Waals surface area contributed by atoms with Gasteiger partial charge in [-0.3, -0.25) is 9.69 Å². The second-order valence-corrected chi connectivity index (χ2v) is 4.82. The number of nitrogens with one attached hydrogen (secondary N) is 1. The molecule has 0 saturated carbocycles. The molecule has 6 heteroatoms. The molecular weight excluding hydrogens is 261 g/mol. The molecule has 1 aromatic carbocycles. The molecule has 2 rings (SSSR count). The molecule has 1 aliphatic heterocycles. The van der Waals surface area contributed by atoms with Crippen LogP contribution in [-0.4, -0.2) is 41.6 Å². The number of hydrogen-bond acceptors (Lipinski definition) is 4. The third-order valence-electron chi connectivity index (χ3n) is 3.44. The summed E-state index contributed by atoms with van der Waals surface area (Å²) in [6, 6.07) is 5.81. The van der Waals surface area contributed by atoms with Crippen molar-refractivity contribution in [1.29, 1.82) is 5.26 Å². The van der Waals surface area contributed by atoms with Crippen molar-refractivity contribution in [1.82, 2.24) is 10.2 Å². The summed E-state index contributed by atoms with van der Waals surface area (Å²) in [6.45, 7) is 1.83. The SMILES string of the molecule is N#CCN1CCC(NC(=O)c2c(O)cccc2F)CC1. The Morgan fingerprint density at radius 2 is 2.20 bits per heavy atom. The highest BCUT2D eigenvalue weighted by Gasteiger charge is 2.23. The molecule has 0 radical (unpaired) electrons. The first-order chi connectivity index (χ1) is 9.61. The number of carbonyl (C=O) groups is 1. The number of piperidine rings is 1. The monoisotopic (exact) mass is 277 g/mol. The Kier molecular flexibility index (Phi) is 4.53. The third kappa shape index (κ3) is 3.25. The topological polar surface area (TPSA) is 76.4 Å². The number of benzene rings is 1. The summed E-state index contributed by atoms with van der Waals surface area (Å²) >= 11 is 0. The molecule has 1 amide bonds. The van der Waals surface area contributed by atoms with E-state index in [9.17, 15) is 14.3 Å². The van der Waals surface area contributed by atoms with E-state index in [1.165, 1.54) is 12.1 Å². The summed E-state index contributed by atoms with van der Waals surface area (Å²) in [6.07, 6.45) is 1.42. The number of amides is 1. The van der Waals surface area contributed by atoms with Gasteiger partial charge in [0.1, 0.15) is 17.1 Å². The number of likely N-dealkylation sites (tertiary alicyclic amines) is 1. The molecule has 1 saturated heterocycles. The van der Waals surface area contributed by atoms with E-state index in [4.69, 9.17) is 5.26 Å². The number of phenolic OH excluding ortho intramolecular Hbond substituents is 1. The molecule has 1 heterocycles. The van der Waals surface area contributed by atoms with Crippen LogP contribution in [0.1, 0.15) is 23.2 Å². The van der Waals surface area contributed by atoms with Crippen LogP contribution in [0.15, 0.2) is 18.2 Å². The summed E-state index contributed by atoms with van der Waals surface area (Å²) in [5, 5.41) is 20.9. The lowest BCUT2D eigenvalue weighted by Crippen LogP contribution is -2.44. The smallest absolute Gasteiger partial charge is 0.258 e. The van der Waals surface area contributed by atoms with Gasteiger partial charge in [0.15, 0.2) is 0 Å². The summed E-state index contributed by atoms with van der Waals surface area (Å²) in [5.41, 5.74) is -0.313. The van der Waals surface area contributed by atoms with Crippen molar-refractivity contribution >= 4 is 5.91 Å². The zero-order valence-corrected chi connectivity index (χ0v) is 11.0. The molecule has 0 unspecified atom stereocenters. The van der Waals surface area contributed by atoms with Crippen molar-refractivity contribution in [2.75, 3.05) is 19.6 Å². The number of nitriles is 1. The molecule has 1 fully saturated rings. The van der Waals surface area contributed by atoms with Gasteiger partial charge in [-0.05, 0) is 25.0 Å². The average Bonchev–Trinajstić information content (AvgIpc) is 2.41. The fourth-order valence-corrected chi connectivity index (χ4v) is 2.33. The van der Waals surface area contributed by atoms with Crippen LogP contribution < -0.4 is 5.32 Å². The van der Waals surface area contributed by atoms with Crippen molar-refractivity contribution in [3.8, 4) is 11.8 Å². The minimum absolute atomic E-state index is 0.0588. The Morgan fingerprint density at radius 1 is 1.50 bits per heavy atom. The maximum absolute atomic E-state index is 13.6. The lowest BCUT2D eigenvalue weighted by Gasteiger charge is -2.30. The lowest BCUT2D eigenvalue weighted by atomic mass is 10.0. The van der Waals surface area contributed by atoms with Crippen molar-refractivity contribution in [3.63, 3.8) is 0 Å². The van der Waals surface area contributed by atoms with E-state index in [0.717, 1.165) is 19.2 Å². The molecule has 0 atom stereocenters. The third-order valence-corrected chi connectivity index (χ3v) is 3.44. The number of nitrogens with zero attached hydrogens (tertiary/aromatic N) is 2. The van der Waals surface area contributed by atoms with Gasteiger partial charge in [-0.2, -0.15) is 5.26 Å². The number of rotatable bonds is 3. The van der Waals surface area contributed by atoms with Gasteiger partial charge in [-0.15, -0.1) is 0 Å². The summed E-state index contributed by atoms with van der Waals surface area (Å²) in [5.74, 6) is -1.69. The highest BCUT2D eigenvalue weighted by molar-refractivity contribution is 5.97. The molecule has 1 aliphatic rings. The summed E-state index contributed by atoms with van der Waals surface area (Å²) in [7, 11) is 0. The predicted molar refractivity (Wildman–Crippen MR) is 70.6 cm³/mol. The maximum Gasteiger partial charge on any atom is 0.258 e. The van der Waals surface area contributed by atoms with Crippen LogP contribution in [0.3, 0.4) is 0 Å². The highest BCUT2D eigenvalue weighted by atomic mass is 19.1. The molecule has 106 valence electrons. The predicted octanol–water partition coefficient (Wildman–Crippen LogP) is 1.25. The van der Waals surface area contributed by atoms with Gasteiger partial charge in [0.25, 0.3) is 5.91 Å². The standard InChI is InChI=1S/C14H16FN3O2/c15-11-2-1-3-12(19)13(11)14(20)17-10-4-7-18(8-5-10)9-6-16/h1-3,10,19H,4-5,7-9H2,(H,17,20). The van der Waals surface area contributed by atoms with Crippen LogP contribution in [0.5, 0.6) is 5.75 Å². The van der Waals surface area contributed by atoms with E-state index in [1.807, 2.05) is 4.90 Å². The largest absolute Gasteiger partial charge is 0.507 e. The first kappa shape index (κ1) is 14.3.